The molecule has 0 amide bonds. The molecule has 1 heterocycles. The van der Waals surface area contributed by atoms with Crippen LogP contribution in [0.1, 0.15) is 37.3 Å². The van der Waals surface area contributed by atoms with Crippen LogP contribution in [-0.4, -0.2) is 13.1 Å². The molecular formula is C15H20N2. The zero-order chi connectivity index (χ0) is 12.3. The molecule has 0 saturated carbocycles. The van der Waals surface area contributed by atoms with Gasteiger partial charge in [-0.25, -0.2) is 0 Å². The smallest absolute Gasteiger partial charge is 0.101 e. The van der Waals surface area contributed by atoms with Crippen molar-refractivity contribution >= 4 is 5.69 Å². The molecule has 1 aromatic rings. The SMILES string of the molecule is Cc1ccc(C#N)c(N2CCCC(C)CC2)c1. The third kappa shape index (κ3) is 2.79. The van der Waals surface area contributed by atoms with E-state index >= 15 is 0 Å². The van der Waals surface area contributed by atoms with Crippen molar-refractivity contribution in [3.05, 3.63) is 29.3 Å². The van der Waals surface area contributed by atoms with Gasteiger partial charge in [0.25, 0.3) is 0 Å². The van der Waals surface area contributed by atoms with Crippen LogP contribution in [0.25, 0.3) is 0 Å². The van der Waals surface area contributed by atoms with Crippen LogP contribution in [0.4, 0.5) is 5.69 Å². The van der Waals surface area contributed by atoms with E-state index in [4.69, 9.17) is 0 Å². The Morgan fingerprint density at radius 1 is 1.29 bits per heavy atom. The lowest BCUT2D eigenvalue weighted by atomic mass is 10.0. The minimum atomic E-state index is 0.810. The first kappa shape index (κ1) is 12.0. The van der Waals surface area contributed by atoms with Crippen molar-refractivity contribution in [2.24, 2.45) is 5.92 Å². The number of nitrogens with zero attached hydrogens (tertiary/aromatic N) is 2. The number of rotatable bonds is 1. The van der Waals surface area contributed by atoms with Crippen molar-refractivity contribution in [1.82, 2.24) is 0 Å². The van der Waals surface area contributed by atoms with Gasteiger partial charge < -0.3 is 4.90 Å². The van der Waals surface area contributed by atoms with Crippen molar-refractivity contribution in [3.8, 4) is 6.07 Å². The molecule has 90 valence electrons. The largest absolute Gasteiger partial charge is 0.370 e. The maximum absolute atomic E-state index is 9.19. The summed E-state index contributed by atoms with van der Waals surface area (Å²) in [5.41, 5.74) is 3.17. The molecule has 0 radical (unpaired) electrons. The summed E-state index contributed by atoms with van der Waals surface area (Å²) in [5, 5.41) is 9.19. The molecule has 2 heteroatoms. The summed E-state index contributed by atoms with van der Waals surface area (Å²) < 4.78 is 0. The number of aryl methyl sites for hydroxylation is 1. The molecule has 1 aliphatic rings. The molecule has 1 atom stereocenters. The van der Waals surface area contributed by atoms with Gasteiger partial charge in [0.05, 0.1) is 11.3 Å². The Morgan fingerprint density at radius 3 is 2.88 bits per heavy atom. The highest BCUT2D eigenvalue weighted by molar-refractivity contribution is 5.60. The summed E-state index contributed by atoms with van der Waals surface area (Å²) in [4.78, 5) is 2.38. The Bertz CT molecular complexity index is 431. The summed E-state index contributed by atoms with van der Waals surface area (Å²) >= 11 is 0. The third-order valence-corrected chi connectivity index (χ3v) is 3.63. The van der Waals surface area contributed by atoms with Crippen LogP contribution in [0.5, 0.6) is 0 Å². The molecular weight excluding hydrogens is 208 g/mol. The van der Waals surface area contributed by atoms with E-state index in [1.807, 2.05) is 12.1 Å². The van der Waals surface area contributed by atoms with Gasteiger partial charge in [-0.3, -0.25) is 0 Å². The summed E-state index contributed by atoms with van der Waals surface area (Å²) in [6.45, 7) is 6.58. The van der Waals surface area contributed by atoms with Crippen molar-refractivity contribution < 1.29 is 0 Å². The molecule has 1 fully saturated rings. The van der Waals surface area contributed by atoms with Crippen LogP contribution in [0.15, 0.2) is 18.2 Å². The van der Waals surface area contributed by atoms with Crippen molar-refractivity contribution in [3.63, 3.8) is 0 Å². The van der Waals surface area contributed by atoms with Gasteiger partial charge in [0, 0.05) is 13.1 Å². The maximum Gasteiger partial charge on any atom is 0.101 e. The lowest BCUT2D eigenvalue weighted by Gasteiger charge is -2.24. The molecule has 0 aliphatic carbocycles. The lowest BCUT2D eigenvalue weighted by molar-refractivity contribution is 0.521. The predicted octanol–water partition coefficient (Wildman–Crippen LogP) is 3.49. The van der Waals surface area contributed by atoms with Gasteiger partial charge in [0.1, 0.15) is 6.07 Å². The summed E-state index contributed by atoms with van der Waals surface area (Å²) in [7, 11) is 0. The maximum atomic E-state index is 9.19. The standard InChI is InChI=1S/C15H20N2/c1-12-4-3-8-17(9-7-12)15-10-13(2)5-6-14(15)11-16/h5-6,10,12H,3-4,7-9H2,1-2H3. The van der Waals surface area contributed by atoms with Gasteiger partial charge in [-0.05, 0) is 49.8 Å². The predicted molar refractivity (Wildman–Crippen MR) is 71.1 cm³/mol. The van der Waals surface area contributed by atoms with Crippen LogP contribution in [0.2, 0.25) is 0 Å². The van der Waals surface area contributed by atoms with Crippen molar-refractivity contribution in [2.45, 2.75) is 33.1 Å². The second-order valence-corrected chi connectivity index (χ2v) is 5.16. The molecule has 1 aromatic carbocycles. The summed E-state index contributed by atoms with van der Waals surface area (Å²) in [6.07, 6.45) is 3.78. The normalized spacial score (nSPS) is 20.8. The molecule has 1 saturated heterocycles. The van der Waals surface area contributed by atoms with Crippen LogP contribution in [0.3, 0.4) is 0 Å². The number of hydrogen-bond acceptors (Lipinski definition) is 2. The van der Waals surface area contributed by atoms with Gasteiger partial charge in [-0.2, -0.15) is 5.26 Å². The molecule has 17 heavy (non-hydrogen) atoms. The first-order chi connectivity index (χ1) is 8.20. The molecule has 2 nitrogen and oxygen atoms in total. The molecule has 1 aliphatic heterocycles. The lowest BCUT2D eigenvalue weighted by Crippen LogP contribution is -2.25. The monoisotopic (exact) mass is 228 g/mol. The summed E-state index contributed by atoms with van der Waals surface area (Å²) in [5.74, 6) is 0.815. The van der Waals surface area contributed by atoms with Crippen LogP contribution in [-0.2, 0) is 0 Å². The van der Waals surface area contributed by atoms with Gasteiger partial charge in [0.2, 0.25) is 0 Å². The molecule has 0 spiro atoms. The zero-order valence-electron chi connectivity index (χ0n) is 10.7. The Labute approximate surface area is 104 Å². The Morgan fingerprint density at radius 2 is 2.12 bits per heavy atom. The Balaban J connectivity index is 2.26. The number of nitriles is 1. The van der Waals surface area contributed by atoms with Gasteiger partial charge in [-0.15, -0.1) is 0 Å². The highest BCUT2D eigenvalue weighted by Gasteiger charge is 2.16. The van der Waals surface area contributed by atoms with Crippen molar-refractivity contribution in [1.29, 1.82) is 5.26 Å². The highest BCUT2D eigenvalue weighted by atomic mass is 15.1. The first-order valence-corrected chi connectivity index (χ1v) is 6.46. The number of benzene rings is 1. The first-order valence-electron chi connectivity index (χ1n) is 6.46. The zero-order valence-corrected chi connectivity index (χ0v) is 10.7. The Hall–Kier alpha value is -1.49. The molecule has 2 rings (SSSR count). The van der Waals surface area contributed by atoms with Gasteiger partial charge in [-0.1, -0.05) is 13.0 Å². The molecule has 0 N–H and O–H groups in total. The topological polar surface area (TPSA) is 27.0 Å². The number of hydrogen-bond donors (Lipinski definition) is 0. The number of anilines is 1. The van der Waals surface area contributed by atoms with Crippen LogP contribution in [0, 0.1) is 24.2 Å². The van der Waals surface area contributed by atoms with E-state index in [-0.39, 0.29) is 0 Å². The molecule has 0 aromatic heterocycles. The minimum Gasteiger partial charge on any atom is -0.370 e. The molecule has 0 bridgehead atoms. The average Bonchev–Trinajstić information content (AvgIpc) is 2.54. The second-order valence-electron chi connectivity index (χ2n) is 5.16. The summed E-state index contributed by atoms with van der Waals surface area (Å²) in [6, 6.07) is 8.42. The van der Waals surface area contributed by atoms with Crippen molar-refractivity contribution in [2.75, 3.05) is 18.0 Å². The Kier molecular flexibility index (Phi) is 3.68. The fourth-order valence-corrected chi connectivity index (χ4v) is 2.50. The van der Waals surface area contributed by atoms with E-state index in [2.05, 4.69) is 30.9 Å². The van der Waals surface area contributed by atoms with E-state index in [1.54, 1.807) is 0 Å². The minimum absolute atomic E-state index is 0.810. The van der Waals surface area contributed by atoms with Gasteiger partial charge in [0.15, 0.2) is 0 Å². The van der Waals surface area contributed by atoms with E-state index in [1.165, 1.54) is 24.8 Å². The fourth-order valence-electron chi connectivity index (χ4n) is 2.50. The highest BCUT2D eigenvalue weighted by Crippen LogP contribution is 2.26. The van der Waals surface area contributed by atoms with Crippen LogP contribution < -0.4 is 4.90 Å². The fraction of sp³-hybridized carbons (Fsp3) is 0.533. The molecule has 1 unspecified atom stereocenters. The average molecular weight is 228 g/mol. The quantitative estimate of drug-likeness (QED) is 0.735. The third-order valence-electron chi connectivity index (χ3n) is 3.63. The second kappa shape index (κ2) is 5.23. The van der Waals surface area contributed by atoms with Gasteiger partial charge >= 0.3 is 0 Å². The van der Waals surface area contributed by atoms with E-state index in [9.17, 15) is 5.26 Å². The van der Waals surface area contributed by atoms with E-state index in [0.29, 0.717) is 0 Å². The van der Waals surface area contributed by atoms with E-state index in [0.717, 1.165) is 30.3 Å². The van der Waals surface area contributed by atoms with E-state index < -0.39 is 0 Å². The van der Waals surface area contributed by atoms with Crippen LogP contribution >= 0.6 is 0 Å².